The minimum absolute atomic E-state index is 0.157. The third-order valence-electron chi connectivity index (χ3n) is 6.58. The van der Waals surface area contributed by atoms with Gasteiger partial charge in [-0.3, -0.25) is 9.59 Å². The van der Waals surface area contributed by atoms with Crippen molar-refractivity contribution in [1.82, 2.24) is 21.3 Å². The van der Waals surface area contributed by atoms with Gasteiger partial charge < -0.3 is 30.7 Å². The van der Waals surface area contributed by atoms with E-state index in [1.807, 2.05) is 60.7 Å². The number of carbonyl (C=O) groups excluding carboxylic acids is 4. The van der Waals surface area contributed by atoms with Gasteiger partial charge in [0, 0.05) is 13.1 Å². The quantitative estimate of drug-likeness (QED) is 0.173. The molecular formula is C32H46N4O6. The number of hydrogen-bond donors (Lipinski definition) is 4. The zero-order valence-electron chi connectivity index (χ0n) is 24.9. The highest BCUT2D eigenvalue weighted by Gasteiger charge is 2.17. The van der Waals surface area contributed by atoms with Crippen molar-refractivity contribution in [2.45, 2.75) is 90.5 Å². The summed E-state index contributed by atoms with van der Waals surface area (Å²) >= 11 is 0. The molecule has 2 aromatic carbocycles. The van der Waals surface area contributed by atoms with Crippen molar-refractivity contribution in [2.75, 3.05) is 13.1 Å². The molecule has 0 spiro atoms. The second-order valence-corrected chi connectivity index (χ2v) is 10.3. The summed E-state index contributed by atoms with van der Waals surface area (Å²) in [6.07, 6.45) is 7.01. The molecule has 230 valence electrons. The first-order chi connectivity index (χ1) is 20.3. The number of nitrogens with one attached hydrogen (secondary N) is 4. The van der Waals surface area contributed by atoms with E-state index in [0.717, 1.165) is 62.5 Å². The van der Waals surface area contributed by atoms with Gasteiger partial charge in [0.2, 0.25) is 11.8 Å². The number of unbranched alkanes of at least 4 members (excludes halogenated alkanes) is 7. The molecule has 2 atom stereocenters. The van der Waals surface area contributed by atoms with Crippen LogP contribution in [0.5, 0.6) is 0 Å². The maximum absolute atomic E-state index is 12.2. The molecule has 2 aromatic rings. The van der Waals surface area contributed by atoms with E-state index in [2.05, 4.69) is 21.3 Å². The van der Waals surface area contributed by atoms with Crippen LogP contribution in [-0.4, -0.2) is 49.2 Å². The average molecular weight is 583 g/mol. The summed E-state index contributed by atoms with van der Waals surface area (Å²) < 4.78 is 10.3. The molecule has 0 aliphatic carbocycles. The Balaban J connectivity index is 1.37. The number of benzene rings is 2. The molecule has 0 heterocycles. The van der Waals surface area contributed by atoms with E-state index in [0.29, 0.717) is 13.1 Å². The van der Waals surface area contributed by atoms with Gasteiger partial charge in [-0.05, 0) is 37.8 Å². The van der Waals surface area contributed by atoms with E-state index in [1.165, 1.54) is 0 Å². The zero-order chi connectivity index (χ0) is 30.4. The minimum atomic E-state index is -0.668. The predicted molar refractivity (Wildman–Crippen MR) is 161 cm³/mol. The largest absolute Gasteiger partial charge is 0.445 e. The van der Waals surface area contributed by atoms with Gasteiger partial charge in [0.1, 0.15) is 25.3 Å². The normalized spacial score (nSPS) is 12.0. The summed E-state index contributed by atoms with van der Waals surface area (Å²) in [4.78, 5) is 48.1. The molecular weight excluding hydrogens is 536 g/mol. The van der Waals surface area contributed by atoms with Crippen molar-refractivity contribution < 1.29 is 28.7 Å². The van der Waals surface area contributed by atoms with Gasteiger partial charge in [0.05, 0.1) is 0 Å². The molecule has 42 heavy (non-hydrogen) atoms. The molecule has 0 aliphatic rings. The third kappa shape index (κ3) is 15.6. The summed E-state index contributed by atoms with van der Waals surface area (Å²) in [6, 6.07) is 17.4. The first-order valence-corrected chi connectivity index (χ1v) is 14.8. The summed E-state index contributed by atoms with van der Waals surface area (Å²) in [6.45, 7) is 4.72. The Morgan fingerprint density at radius 2 is 0.881 bits per heavy atom. The summed E-state index contributed by atoms with van der Waals surface area (Å²) in [5.74, 6) is -0.459. The average Bonchev–Trinajstić information content (AvgIpc) is 3.00. The second-order valence-electron chi connectivity index (χ2n) is 10.3. The molecule has 2 rings (SSSR count). The smallest absolute Gasteiger partial charge is 0.408 e. The van der Waals surface area contributed by atoms with Crippen LogP contribution in [0.15, 0.2) is 60.7 Å². The fourth-order valence-electron chi connectivity index (χ4n) is 4.05. The van der Waals surface area contributed by atoms with Crippen LogP contribution in [0.1, 0.15) is 76.3 Å². The first kappa shape index (κ1) is 34.1. The molecule has 10 nitrogen and oxygen atoms in total. The molecule has 0 saturated heterocycles. The minimum Gasteiger partial charge on any atom is -0.445 e. The van der Waals surface area contributed by atoms with Crippen LogP contribution in [0.2, 0.25) is 0 Å². The molecule has 0 radical (unpaired) electrons. The van der Waals surface area contributed by atoms with Crippen molar-refractivity contribution in [3.63, 3.8) is 0 Å². The number of hydrogen-bond acceptors (Lipinski definition) is 6. The fraction of sp³-hybridized carbons (Fsp3) is 0.500. The molecule has 0 aliphatic heterocycles. The van der Waals surface area contributed by atoms with E-state index in [4.69, 9.17) is 9.47 Å². The second kappa shape index (κ2) is 20.7. The first-order valence-electron chi connectivity index (χ1n) is 14.8. The third-order valence-corrected chi connectivity index (χ3v) is 6.58. The molecule has 10 heteroatoms. The highest BCUT2D eigenvalue weighted by Crippen LogP contribution is 2.08. The summed E-state index contributed by atoms with van der Waals surface area (Å²) in [5, 5.41) is 10.8. The molecule has 0 aromatic heterocycles. The van der Waals surface area contributed by atoms with Crippen molar-refractivity contribution >= 4 is 24.0 Å². The zero-order valence-corrected chi connectivity index (χ0v) is 24.9. The number of alkyl carbamates (subject to hydrolysis) is 2. The topological polar surface area (TPSA) is 135 Å². The number of amides is 4. The Bertz CT molecular complexity index is 982. The van der Waals surface area contributed by atoms with Crippen LogP contribution in [0, 0.1) is 0 Å². The van der Waals surface area contributed by atoms with Gasteiger partial charge in [-0.25, -0.2) is 9.59 Å². The maximum atomic E-state index is 12.2. The standard InChI is InChI=1S/C32H46N4O6/c1-25(35-31(39)41-23-27-17-11-9-12-18-27)29(37)33-21-15-7-5-3-4-6-8-16-22-34-30(38)26(2)36-32(40)42-24-28-19-13-10-14-20-28/h9-14,17-20,25-26H,3-8,15-16,21-24H2,1-2H3,(H,33,37)(H,34,38)(H,35,39)(H,36,40)/t25-,26-/m0/s1. The highest BCUT2D eigenvalue weighted by atomic mass is 16.6. The predicted octanol–water partition coefficient (Wildman–Crippen LogP) is 4.97. The van der Waals surface area contributed by atoms with Gasteiger partial charge in [-0.2, -0.15) is 0 Å². The van der Waals surface area contributed by atoms with E-state index in [1.54, 1.807) is 13.8 Å². The molecule has 0 saturated carbocycles. The highest BCUT2D eigenvalue weighted by molar-refractivity contribution is 5.85. The van der Waals surface area contributed by atoms with Gasteiger partial charge in [0.15, 0.2) is 0 Å². The van der Waals surface area contributed by atoms with Crippen LogP contribution in [0.3, 0.4) is 0 Å². The van der Waals surface area contributed by atoms with Gasteiger partial charge in [-0.15, -0.1) is 0 Å². The van der Waals surface area contributed by atoms with Crippen LogP contribution < -0.4 is 21.3 Å². The van der Waals surface area contributed by atoms with Crippen molar-refractivity contribution in [3.05, 3.63) is 71.8 Å². The Morgan fingerprint density at radius 3 is 1.24 bits per heavy atom. The van der Waals surface area contributed by atoms with E-state index in [9.17, 15) is 19.2 Å². The van der Waals surface area contributed by atoms with Crippen molar-refractivity contribution in [2.24, 2.45) is 0 Å². The van der Waals surface area contributed by atoms with Crippen LogP contribution in [0.4, 0.5) is 9.59 Å². The lowest BCUT2D eigenvalue weighted by atomic mass is 10.1. The molecule has 0 unspecified atom stereocenters. The summed E-state index contributed by atoms with van der Waals surface area (Å²) in [7, 11) is 0. The van der Waals surface area contributed by atoms with Gasteiger partial charge >= 0.3 is 12.2 Å². The van der Waals surface area contributed by atoms with E-state index in [-0.39, 0.29) is 25.0 Å². The maximum Gasteiger partial charge on any atom is 0.408 e. The molecule has 0 bridgehead atoms. The Kier molecular flexibility index (Phi) is 16.9. The monoisotopic (exact) mass is 582 g/mol. The Hall–Kier alpha value is -4.08. The van der Waals surface area contributed by atoms with Gasteiger partial charge in [-0.1, -0.05) is 99.2 Å². The van der Waals surface area contributed by atoms with E-state index >= 15 is 0 Å². The van der Waals surface area contributed by atoms with Gasteiger partial charge in [0.25, 0.3) is 0 Å². The molecule has 4 amide bonds. The van der Waals surface area contributed by atoms with Crippen molar-refractivity contribution in [3.8, 4) is 0 Å². The summed E-state index contributed by atoms with van der Waals surface area (Å²) in [5.41, 5.74) is 1.77. The lowest BCUT2D eigenvalue weighted by Crippen LogP contribution is -2.45. The van der Waals surface area contributed by atoms with E-state index < -0.39 is 24.3 Å². The number of carbonyl (C=O) groups is 4. The van der Waals surface area contributed by atoms with Crippen LogP contribution in [0.25, 0.3) is 0 Å². The Labute approximate surface area is 249 Å². The molecule has 0 fully saturated rings. The van der Waals surface area contributed by atoms with Crippen molar-refractivity contribution in [1.29, 1.82) is 0 Å². The lowest BCUT2D eigenvalue weighted by molar-refractivity contribution is -0.123. The number of rotatable bonds is 19. The Morgan fingerprint density at radius 1 is 0.548 bits per heavy atom. The fourth-order valence-corrected chi connectivity index (χ4v) is 4.05. The van der Waals surface area contributed by atoms with Crippen LogP contribution >= 0.6 is 0 Å². The SMILES string of the molecule is C[C@H](NC(=O)OCc1ccccc1)C(=O)NCCCCCCCCCCNC(=O)[C@H](C)NC(=O)OCc1ccccc1. The number of ether oxygens (including phenoxy) is 2. The van der Waals surface area contributed by atoms with Crippen LogP contribution in [-0.2, 0) is 32.3 Å². The molecule has 4 N–H and O–H groups in total. The lowest BCUT2D eigenvalue weighted by Gasteiger charge is -2.14.